The fraction of sp³-hybridized carbons (Fsp3) is 0.417. The van der Waals surface area contributed by atoms with Gasteiger partial charge in [0.1, 0.15) is 17.8 Å². The zero-order valence-corrected chi connectivity index (χ0v) is 10.1. The van der Waals surface area contributed by atoms with Gasteiger partial charge in [0.05, 0.1) is 0 Å². The highest BCUT2D eigenvalue weighted by atomic mass is 16.4. The van der Waals surface area contributed by atoms with Crippen molar-refractivity contribution in [1.82, 2.24) is 4.98 Å². The minimum atomic E-state index is -0.909. The Kier molecular flexibility index (Phi) is 4.05. The van der Waals surface area contributed by atoms with Gasteiger partial charge in [-0.2, -0.15) is 5.26 Å². The Hall–Kier alpha value is -2.09. The molecule has 0 radical (unpaired) electrons. The number of anilines is 1. The number of nitrogens with zero attached hydrogens (tertiary/aromatic N) is 2. The number of hydrogen-bond acceptors (Lipinski definition) is 4. The van der Waals surface area contributed by atoms with Crippen molar-refractivity contribution in [2.75, 3.05) is 5.32 Å². The van der Waals surface area contributed by atoms with E-state index in [1.807, 2.05) is 19.9 Å². The number of hydrogen-bond donors (Lipinski definition) is 2. The molecule has 1 heterocycles. The second-order valence-electron chi connectivity index (χ2n) is 4.20. The van der Waals surface area contributed by atoms with Crippen LogP contribution in [0.3, 0.4) is 0 Å². The fourth-order valence-electron chi connectivity index (χ4n) is 1.50. The van der Waals surface area contributed by atoms with E-state index >= 15 is 0 Å². The summed E-state index contributed by atoms with van der Waals surface area (Å²) < 4.78 is 0. The van der Waals surface area contributed by atoms with Gasteiger partial charge in [0.2, 0.25) is 0 Å². The fourth-order valence-corrected chi connectivity index (χ4v) is 1.50. The summed E-state index contributed by atoms with van der Waals surface area (Å²) in [6, 6.07) is 4.53. The molecule has 0 bridgehead atoms. The van der Waals surface area contributed by atoms with E-state index in [0.29, 0.717) is 11.4 Å². The Morgan fingerprint density at radius 2 is 2.18 bits per heavy atom. The highest BCUT2D eigenvalue weighted by Gasteiger charge is 2.21. The Bertz CT molecular complexity index is 463. The van der Waals surface area contributed by atoms with E-state index in [1.165, 1.54) is 0 Å². The number of carboxylic acid groups (broad SMARTS) is 1. The molecule has 0 amide bonds. The summed E-state index contributed by atoms with van der Waals surface area (Å²) >= 11 is 0. The minimum absolute atomic E-state index is 0.0495. The summed E-state index contributed by atoms with van der Waals surface area (Å²) in [4.78, 5) is 15.0. The van der Waals surface area contributed by atoms with Gasteiger partial charge >= 0.3 is 5.97 Å². The molecule has 90 valence electrons. The van der Waals surface area contributed by atoms with Crippen LogP contribution in [0.5, 0.6) is 0 Å². The maximum absolute atomic E-state index is 11.0. The van der Waals surface area contributed by atoms with Crippen LogP contribution in [0.25, 0.3) is 0 Å². The number of carboxylic acids is 1. The number of rotatable bonds is 4. The van der Waals surface area contributed by atoms with E-state index in [-0.39, 0.29) is 11.6 Å². The normalized spacial score (nSPS) is 11.9. The van der Waals surface area contributed by atoms with E-state index in [4.69, 9.17) is 10.4 Å². The largest absolute Gasteiger partial charge is 0.480 e. The van der Waals surface area contributed by atoms with Gasteiger partial charge in [-0.15, -0.1) is 0 Å². The van der Waals surface area contributed by atoms with Crippen molar-refractivity contribution < 1.29 is 9.90 Å². The Balaban J connectivity index is 2.98. The molecule has 0 aliphatic heterocycles. The first kappa shape index (κ1) is 13.0. The molecule has 5 heteroatoms. The van der Waals surface area contributed by atoms with Gasteiger partial charge in [-0.1, -0.05) is 13.8 Å². The van der Waals surface area contributed by atoms with Crippen LogP contribution in [0, 0.1) is 24.2 Å². The maximum atomic E-state index is 11.0. The molecule has 5 nitrogen and oxygen atoms in total. The van der Waals surface area contributed by atoms with E-state index < -0.39 is 12.0 Å². The number of aliphatic carboxylic acids is 1. The zero-order chi connectivity index (χ0) is 13.0. The molecule has 1 rings (SSSR count). The number of aromatic nitrogens is 1. The molecule has 1 atom stereocenters. The molecule has 0 fully saturated rings. The first-order valence-electron chi connectivity index (χ1n) is 5.32. The lowest BCUT2D eigenvalue weighted by molar-refractivity contribution is -0.138. The van der Waals surface area contributed by atoms with Crippen LogP contribution < -0.4 is 5.32 Å². The summed E-state index contributed by atoms with van der Waals surface area (Å²) in [7, 11) is 0. The highest BCUT2D eigenvalue weighted by molar-refractivity contribution is 5.77. The van der Waals surface area contributed by atoms with Crippen molar-refractivity contribution in [2.45, 2.75) is 26.8 Å². The minimum Gasteiger partial charge on any atom is -0.480 e. The van der Waals surface area contributed by atoms with Gasteiger partial charge in [-0.3, -0.25) is 0 Å². The first-order valence-corrected chi connectivity index (χ1v) is 5.32. The van der Waals surface area contributed by atoms with Crippen molar-refractivity contribution in [3.05, 3.63) is 23.5 Å². The molecule has 1 aromatic rings. The summed E-state index contributed by atoms with van der Waals surface area (Å²) in [5.41, 5.74) is 1.56. The monoisotopic (exact) mass is 233 g/mol. The van der Waals surface area contributed by atoms with Crippen LogP contribution in [-0.2, 0) is 4.79 Å². The van der Waals surface area contributed by atoms with Gasteiger partial charge < -0.3 is 10.4 Å². The molecular weight excluding hydrogens is 218 g/mol. The SMILES string of the molecule is Cc1cc(N[C@@H](C(=O)O)C(C)C)cc(C#N)n1. The maximum Gasteiger partial charge on any atom is 0.326 e. The van der Waals surface area contributed by atoms with E-state index in [1.54, 1.807) is 19.1 Å². The summed E-state index contributed by atoms with van der Waals surface area (Å²) in [6.07, 6.45) is 0. The van der Waals surface area contributed by atoms with Crippen molar-refractivity contribution in [3.63, 3.8) is 0 Å². The molecule has 0 saturated carbocycles. The molecular formula is C12H15N3O2. The predicted octanol–water partition coefficient (Wildman–Crippen LogP) is 1.78. The van der Waals surface area contributed by atoms with Crippen molar-refractivity contribution in [2.24, 2.45) is 5.92 Å². The number of carbonyl (C=O) groups is 1. The Morgan fingerprint density at radius 3 is 2.65 bits per heavy atom. The Labute approximate surface area is 100 Å². The molecule has 1 aromatic heterocycles. The van der Waals surface area contributed by atoms with Gasteiger partial charge in [0.15, 0.2) is 0 Å². The number of pyridine rings is 1. The average Bonchev–Trinajstić information content (AvgIpc) is 2.24. The van der Waals surface area contributed by atoms with Crippen LogP contribution in [0.4, 0.5) is 5.69 Å². The molecule has 2 N–H and O–H groups in total. The smallest absolute Gasteiger partial charge is 0.326 e. The van der Waals surface area contributed by atoms with Gasteiger partial charge in [-0.05, 0) is 25.0 Å². The third kappa shape index (κ3) is 3.45. The molecule has 0 spiro atoms. The van der Waals surface area contributed by atoms with E-state index in [9.17, 15) is 4.79 Å². The van der Waals surface area contributed by atoms with Crippen LogP contribution in [0.2, 0.25) is 0 Å². The third-order valence-electron chi connectivity index (χ3n) is 2.32. The standard InChI is InChI=1S/C12H15N3O2/c1-7(2)11(12(16)17)15-9-4-8(3)14-10(5-9)6-13/h4-5,7,11H,1-3H3,(H,14,15)(H,16,17)/t11-/m1/s1. The van der Waals surface area contributed by atoms with Gasteiger partial charge in [0.25, 0.3) is 0 Å². The van der Waals surface area contributed by atoms with E-state index in [2.05, 4.69) is 10.3 Å². The van der Waals surface area contributed by atoms with Crippen molar-refractivity contribution >= 4 is 11.7 Å². The van der Waals surface area contributed by atoms with Crippen LogP contribution in [0.1, 0.15) is 25.2 Å². The second kappa shape index (κ2) is 5.30. The zero-order valence-electron chi connectivity index (χ0n) is 10.1. The predicted molar refractivity (Wildman–Crippen MR) is 63.6 cm³/mol. The molecule has 17 heavy (non-hydrogen) atoms. The third-order valence-corrected chi connectivity index (χ3v) is 2.32. The van der Waals surface area contributed by atoms with Gasteiger partial charge in [-0.25, -0.2) is 9.78 Å². The lowest BCUT2D eigenvalue weighted by Gasteiger charge is -2.19. The van der Waals surface area contributed by atoms with Crippen LogP contribution in [-0.4, -0.2) is 22.1 Å². The highest BCUT2D eigenvalue weighted by Crippen LogP contribution is 2.15. The molecule has 0 aromatic carbocycles. The number of nitrogens with one attached hydrogen (secondary N) is 1. The molecule has 0 unspecified atom stereocenters. The first-order chi connectivity index (χ1) is 7.93. The van der Waals surface area contributed by atoms with Gasteiger partial charge in [0, 0.05) is 11.4 Å². The van der Waals surface area contributed by atoms with Crippen molar-refractivity contribution in [3.8, 4) is 6.07 Å². The summed E-state index contributed by atoms with van der Waals surface area (Å²) in [5, 5.41) is 20.7. The quantitative estimate of drug-likeness (QED) is 0.827. The Morgan fingerprint density at radius 1 is 1.53 bits per heavy atom. The topological polar surface area (TPSA) is 86.0 Å². The average molecular weight is 233 g/mol. The molecule has 0 aliphatic carbocycles. The lowest BCUT2D eigenvalue weighted by atomic mass is 10.0. The van der Waals surface area contributed by atoms with E-state index in [0.717, 1.165) is 0 Å². The second-order valence-corrected chi connectivity index (χ2v) is 4.20. The summed E-state index contributed by atoms with van der Waals surface area (Å²) in [5.74, 6) is -0.959. The summed E-state index contributed by atoms with van der Waals surface area (Å²) in [6.45, 7) is 5.41. The molecule has 0 saturated heterocycles. The van der Waals surface area contributed by atoms with Crippen LogP contribution >= 0.6 is 0 Å². The van der Waals surface area contributed by atoms with Crippen molar-refractivity contribution in [1.29, 1.82) is 5.26 Å². The van der Waals surface area contributed by atoms with Crippen LogP contribution in [0.15, 0.2) is 12.1 Å². The number of aryl methyl sites for hydroxylation is 1. The molecule has 0 aliphatic rings. The number of nitriles is 1. The lowest BCUT2D eigenvalue weighted by Crippen LogP contribution is -2.34.